The number of rotatable bonds is 6. The number of aromatic nitrogens is 4. The van der Waals surface area contributed by atoms with E-state index < -0.39 is 0 Å². The fourth-order valence-electron chi connectivity index (χ4n) is 4.90. The third-order valence-corrected chi connectivity index (χ3v) is 8.95. The minimum atomic E-state index is 0.698. The molecule has 5 heterocycles. The van der Waals surface area contributed by atoms with Gasteiger partial charge in [-0.1, -0.05) is 36.0 Å². The Hall–Kier alpha value is -4.21. The van der Waals surface area contributed by atoms with Crippen LogP contribution in [0.4, 0.5) is 17.3 Å². The lowest BCUT2D eigenvalue weighted by atomic mass is 10.1. The third kappa shape index (κ3) is 4.64. The molecule has 1 N–H and O–H groups in total. The van der Waals surface area contributed by atoms with E-state index in [9.17, 15) is 0 Å². The largest absolute Gasteiger partial charge is 0.495 e. The van der Waals surface area contributed by atoms with Gasteiger partial charge in [0.15, 0.2) is 11.6 Å². The summed E-state index contributed by atoms with van der Waals surface area (Å²) in [4.78, 5) is 15.0. The van der Waals surface area contributed by atoms with Gasteiger partial charge in [0.25, 0.3) is 0 Å². The van der Waals surface area contributed by atoms with Crippen molar-refractivity contribution in [1.82, 2.24) is 20.2 Å². The molecule has 0 unspecified atom stereocenters. The number of anilines is 3. The summed E-state index contributed by atoms with van der Waals surface area (Å²) < 4.78 is 5.29. The fourth-order valence-corrected chi connectivity index (χ4v) is 6.69. The number of hydrogen-bond donors (Lipinski definition) is 1. The Kier molecular flexibility index (Phi) is 6.22. The van der Waals surface area contributed by atoms with Crippen molar-refractivity contribution in [3.8, 4) is 5.75 Å². The van der Waals surface area contributed by atoms with Crippen molar-refractivity contribution in [3.63, 3.8) is 0 Å². The molecule has 0 amide bonds. The lowest BCUT2D eigenvalue weighted by Gasteiger charge is -2.28. The summed E-state index contributed by atoms with van der Waals surface area (Å²) >= 11 is 3.51. The molecule has 6 aromatic rings. The summed E-state index contributed by atoms with van der Waals surface area (Å²) in [5, 5.41) is 17.2. The molecule has 4 aromatic heterocycles. The van der Waals surface area contributed by atoms with Crippen molar-refractivity contribution in [2.24, 2.45) is 0 Å². The minimum Gasteiger partial charge on any atom is -0.495 e. The van der Waals surface area contributed by atoms with E-state index in [4.69, 9.17) is 4.74 Å². The molecule has 2 aromatic carbocycles. The van der Waals surface area contributed by atoms with Crippen LogP contribution in [0, 0.1) is 0 Å². The predicted molar refractivity (Wildman–Crippen MR) is 159 cm³/mol. The smallest absolute Gasteiger partial charge is 0.161 e. The van der Waals surface area contributed by atoms with Crippen LogP contribution in [-0.4, -0.2) is 33.8 Å². The number of nitrogens with one attached hydrogen (secondary N) is 1. The van der Waals surface area contributed by atoms with Crippen LogP contribution >= 0.6 is 23.1 Å². The molecule has 0 aliphatic carbocycles. The molecule has 0 bridgehead atoms. The third-order valence-electron chi connectivity index (χ3n) is 6.87. The topological polar surface area (TPSA) is 76.1 Å². The highest BCUT2D eigenvalue weighted by atomic mass is 32.2. The summed E-state index contributed by atoms with van der Waals surface area (Å²) in [5.41, 5.74) is 4.02. The molecule has 0 atom stereocenters. The van der Waals surface area contributed by atoms with E-state index in [1.807, 2.05) is 23.5 Å². The van der Waals surface area contributed by atoms with Gasteiger partial charge < -0.3 is 15.0 Å². The van der Waals surface area contributed by atoms with Gasteiger partial charge in [-0.3, -0.25) is 4.98 Å². The van der Waals surface area contributed by atoms with Crippen molar-refractivity contribution in [1.29, 1.82) is 0 Å². The lowest BCUT2D eigenvalue weighted by Crippen LogP contribution is -2.30. The molecular formula is C30H24N6OS2. The first kappa shape index (κ1) is 23.9. The zero-order chi connectivity index (χ0) is 26.2. The van der Waals surface area contributed by atoms with Gasteiger partial charge in [0.2, 0.25) is 0 Å². The average molecular weight is 549 g/mol. The molecular weight excluding hydrogens is 525 g/mol. The maximum Gasteiger partial charge on any atom is 0.161 e. The van der Waals surface area contributed by atoms with Crippen molar-refractivity contribution in [2.75, 3.05) is 23.9 Å². The van der Waals surface area contributed by atoms with Crippen molar-refractivity contribution in [3.05, 3.63) is 94.9 Å². The van der Waals surface area contributed by atoms with Gasteiger partial charge in [0, 0.05) is 56.5 Å². The maximum atomic E-state index is 5.29. The van der Waals surface area contributed by atoms with Crippen LogP contribution in [-0.2, 0) is 13.0 Å². The Morgan fingerprint density at radius 2 is 1.85 bits per heavy atom. The van der Waals surface area contributed by atoms with Crippen molar-refractivity contribution >= 4 is 62.2 Å². The Morgan fingerprint density at radius 3 is 2.72 bits per heavy atom. The zero-order valence-electron chi connectivity index (χ0n) is 21.2. The molecule has 0 radical (unpaired) electrons. The van der Waals surface area contributed by atoms with Gasteiger partial charge in [-0.05, 0) is 53.8 Å². The van der Waals surface area contributed by atoms with E-state index in [2.05, 4.69) is 90.4 Å². The van der Waals surface area contributed by atoms with Crippen LogP contribution in [0.1, 0.15) is 10.4 Å². The number of benzene rings is 2. The van der Waals surface area contributed by atoms with Gasteiger partial charge >= 0.3 is 0 Å². The van der Waals surface area contributed by atoms with E-state index in [-0.39, 0.29) is 0 Å². The lowest BCUT2D eigenvalue weighted by molar-refractivity contribution is 0.413. The summed E-state index contributed by atoms with van der Waals surface area (Å²) in [6, 6.07) is 22.8. The predicted octanol–water partition coefficient (Wildman–Crippen LogP) is 7.10. The SMILES string of the molecule is COc1cnc2c(Sc3ccc(Nc4nnc(N5CCc6sccc6C5)c5ccccc45)cc3)ccnc2c1. The minimum absolute atomic E-state index is 0.698. The number of ether oxygens (including phenoxy) is 1. The van der Waals surface area contributed by atoms with Gasteiger partial charge in [-0.15, -0.1) is 21.5 Å². The van der Waals surface area contributed by atoms with Gasteiger partial charge in [-0.2, -0.15) is 0 Å². The molecule has 7 nitrogen and oxygen atoms in total. The maximum absolute atomic E-state index is 5.29. The van der Waals surface area contributed by atoms with Crippen LogP contribution in [0.25, 0.3) is 21.8 Å². The highest BCUT2D eigenvalue weighted by Crippen LogP contribution is 2.36. The van der Waals surface area contributed by atoms with Crippen LogP contribution < -0.4 is 15.0 Å². The summed E-state index contributed by atoms with van der Waals surface area (Å²) in [6.45, 7) is 1.83. The Labute approximate surface area is 233 Å². The molecule has 1 aliphatic heterocycles. The summed E-state index contributed by atoms with van der Waals surface area (Å²) in [7, 11) is 1.63. The van der Waals surface area contributed by atoms with Crippen molar-refractivity contribution < 1.29 is 4.74 Å². The normalized spacial score (nSPS) is 13.0. The number of thiophene rings is 1. The van der Waals surface area contributed by atoms with Gasteiger partial charge in [-0.25, -0.2) is 4.98 Å². The quantitative estimate of drug-likeness (QED) is 0.236. The highest BCUT2D eigenvalue weighted by molar-refractivity contribution is 7.99. The molecule has 0 spiro atoms. The first-order chi connectivity index (χ1) is 19.2. The molecule has 9 heteroatoms. The highest BCUT2D eigenvalue weighted by Gasteiger charge is 2.21. The number of fused-ring (bicyclic) bond motifs is 3. The Bertz CT molecular complexity index is 1800. The summed E-state index contributed by atoms with van der Waals surface area (Å²) in [5.74, 6) is 2.39. The zero-order valence-corrected chi connectivity index (χ0v) is 22.8. The fraction of sp³-hybridized carbons (Fsp3) is 0.133. The molecule has 192 valence electrons. The second kappa shape index (κ2) is 10.2. The van der Waals surface area contributed by atoms with E-state index >= 15 is 0 Å². The number of methoxy groups -OCH3 is 1. The molecule has 0 fully saturated rings. The average Bonchev–Trinajstić information content (AvgIpc) is 3.46. The van der Waals surface area contributed by atoms with Gasteiger partial charge in [0.05, 0.1) is 18.8 Å². The van der Waals surface area contributed by atoms with E-state index in [1.54, 1.807) is 31.3 Å². The Morgan fingerprint density at radius 1 is 0.974 bits per heavy atom. The second-order valence-electron chi connectivity index (χ2n) is 9.26. The molecule has 39 heavy (non-hydrogen) atoms. The molecule has 7 rings (SSSR count). The van der Waals surface area contributed by atoms with E-state index in [1.165, 1.54) is 10.4 Å². The number of nitrogens with zero attached hydrogens (tertiary/aromatic N) is 5. The Balaban J connectivity index is 1.13. The van der Waals surface area contributed by atoms with Crippen molar-refractivity contribution in [2.45, 2.75) is 22.8 Å². The van der Waals surface area contributed by atoms with E-state index in [0.717, 1.165) is 68.4 Å². The number of pyridine rings is 2. The van der Waals surface area contributed by atoms with Crippen LogP contribution in [0.15, 0.2) is 94.3 Å². The number of hydrogen-bond acceptors (Lipinski definition) is 9. The van der Waals surface area contributed by atoms with Crippen LogP contribution in [0.5, 0.6) is 5.75 Å². The monoisotopic (exact) mass is 548 g/mol. The van der Waals surface area contributed by atoms with E-state index in [0.29, 0.717) is 5.75 Å². The van der Waals surface area contributed by atoms with Crippen LogP contribution in [0.3, 0.4) is 0 Å². The molecule has 1 aliphatic rings. The summed E-state index contributed by atoms with van der Waals surface area (Å²) in [6.07, 6.45) is 4.58. The molecule has 0 saturated carbocycles. The second-order valence-corrected chi connectivity index (χ2v) is 11.4. The first-order valence-electron chi connectivity index (χ1n) is 12.6. The molecule has 0 saturated heterocycles. The standard InChI is InChI=1S/C30H24N6OS2/c1-37-21-16-25-28(32-17-21)27(10-13-31-25)39-22-8-6-20(7-9-22)33-29-23-4-2-3-5-24(23)30(35-34-29)36-14-11-26-19(18-36)12-15-38-26/h2-10,12-13,15-17H,11,14,18H2,1H3,(H,33,34). The first-order valence-corrected chi connectivity index (χ1v) is 14.3. The van der Waals surface area contributed by atoms with Crippen LogP contribution in [0.2, 0.25) is 0 Å². The van der Waals surface area contributed by atoms with Gasteiger partial charge in [0.1, 0.15) is 11.3 Å².